The van der Waals surface area contributed by atoms with Crippen molar-refractivity contribution >= 4 is 11.9 Å². The number of carbonyl (C=O) groups is 2. The SMILES string of the molecule is CC1CCC(C)C2(CC(=O)NC2C(=O)O)C1. The molecule has 1 aliphatic carbocycles. The molecule has 0 aromatic rings. The van der Waals surface area contributed by atoms with Crippen molar-refractivity contribution in [1.29, 1.82) is 0 Å². The lowest BCUT2D eigenvalue weighted by atomic mass is 9.60. The maximum atomic E-state index is 11.5. The van der Waals surface area contributed by atoms with E-state index in [1.54, 1.807) is 0 Å². The standard InChI is InChI=1S/C12H19NO3/c1-7-3-4-8(2)12(5-7)6-9(14)13-10(12)11(15)16/h7-8,10H,3-6H2,1-2H3,(H,13,14)(H,15,16). The van der Waals surface area contributed by atoms with Gasteiger partial charge in [-0.2, -0.15) is 0 Å². The minimum atomic E-state index is -0.883. The van der Waals surface area contributed by atoms with E-state index in [1.807, 2.05) is 0 Å². The predicted octanol–water partition coefficient (Wildman–Crippen LogP) is 1.40. The van der Waals surface area contributed by atoms with Gasteiger partial charge in [0.1, 0.15) is 6.04 Å². The third-order valence-electron chi connectivity index (χ3n) is 4.42. The molecule has 2 N–H and O–H groups in total. The summed E-state index contributed by atoms with van der Waals surface area (Å²) in [6.07, 6.45) is 3.41. The number of aliphatic carboxylic acids is 1. The van der Waals surface area contributed by atoms with Gasteiger partial charge >= 0.3 is 5.97 Å². The number of hydrogen-bond acceptors (Lipinski definition) is 2. The quantitative estimate of drug-likeness (QED) is 0.709. The molecular formula is C12H19NO3. The first-order chi connectivity index (χ1) is 7.45. The van der Waals surface area contributed by atoms with Gasteiger partial charge in [-0.05, 0) is 24.7 Å². The number of carboxylic acids is 1. The van der Waals surface area contributed by atoms with Crippen molar-refractivity contribution in [3.63, 3.8) is 0 Å². The second-order valence-electron chi connectivity index (χ2n) is 5.54. The van der Waals surface area contributed by atoms with Crippen LogP contribution in [0.1, 0.15) is 39.5 Å². The van der Waals surface area contributed by atoms with E-state index < -0.39 is 12.0 Å². The van der Waals surface area contributed by atoms with Crippen LogP contribution >= 0.6 is 0 Å². The lowest BCUT2D eigenvalue weighted by molar-refractivity contribution is -0.144. The van der Waals surface area contributed by atoms with Gasteiger partial charge < -0.3 is 10.4 Å². The first-order valence-corrected chi connectivity index (χ1v) is 5.98. The Kier molecular flexibility index (Phi) is 2.68. The molecule has 90 valence electrons. The normalized spacial score (nSPS) is 43.4. The topological polar surface area (TPSA) is 66.4 Å². The van der Waals surface area contributed by atoms with Crippen molar-refractivity contribution in [2.75, 3.05) is 0 Å². The third-order valence-corrected chi connectivity index (χ3v) is 4.42. The van der Waals surface area contributed by atoms with Gasteiger partial charge in [0.25, 0.3) is 0 Å². The summed E-state index contributed by atoms with van der Waals surface area (Å²) in [6, 6.07) is -0.683. The van der Waals surface area contributed by atoms with E-state index in [2.05, 4.69) is 19.2 Å². The van der Waals surface area contributed by atoms with Crippen molar-refractivity contribution in [3.05, 3.63) is 0 Å². The monoisotopic (exact) mass is 225 g/mol. The molecule has 16 heavy (non-hydrogen) atoms. The Morgan fingerprint density at radius 2 is 2.12 bits per heavy atom. The van der Waals surface area contributed by atoms with Gasteiger partial charge in [-0.15, -0.1) is 0 Å². The number of carbonyl (C=O) groups excluding carboxylic acids is 1. The maximum absolute atomic E-state index is 11.5. The zero-order chi connectivity index (χ0) is 11.9. The molecule has 2 rings (SSSR count). The highest BCUT2D eigenvalue weighted by molar-refractivity contribution is 5.89. The van der Waals surface area contributed by atoms with Gasteiger partial charge in [0.2, 0.25) is 5.91 Å². The minimum absolute atomic E-state index is 0.103. The highest BCUT2D eigenvalue weighted by Gasteiger charge is 2.55. The summed E-state index contributed by atoms with van der Waals surface area (Å²) in [4.78, 5) is 22.8. The molecule has 1 heterocycles. The Bertz CT molecular complexity index is 328. The summed E-state index contributed by atoms with van der Waals surface area (Å²) in [5.74, 6) is -0.158. The van der Waals surface area contributed by atoms with E-state index in [9.17, 15) is 14.7 Å². The number of rotatable bonds is 1. The van der Waals surface area contributed by atoms with Crippen LogP contribution in [-0.4, -0.2) is 23.0 Å². The fraction of sp³-hybridized carbons (Fsp3) is 0.833. The van der Waals surface area contributed by atoms with Crippen LogP contribution in [0.15, 0.2) is 0 Å². The largest absolute Gasteiger partial charge is 0.480 e. The zero-order valence-corrected chi connectivity index (χ0v) is 9.82. The van der Waals surface area contributed by atoms with Crippen molar-refractivity contribution < 1.29 is 14.7 Å². The molecule has 4 nitrogen and oxygen atoms in total. The predicted molar refractivity (Wildman–Crippen MR) is 58.8 cm³/mol. The summed E-state index contributed by atoms with van der Waals surface area (Å²) in [7, 11) is 0. The van der Waals surface area contributed by atoms with Crippen LogP contribution in [-0.2, 0) is 9.59 Å². The van der Waals surface area contributed by atoms with E-state index in [4.69, 9.17) is 0 Å². The van der Waals surface area contributed by atoms with E-state index in [-0.39, 0.29) is 11.3 Å². The van der Waals surface area contributed by atoms with Gasteiger partial charge in [0.05, 0.1) is 0 Å². The zero-order valence-electron chi connectivity index (χ0n) is 9.82. The van der Waals surface area contributed by atoms with Crippen LogP contribution in [0.2, 0.25) is 0 Å². The molecule has 0 aromatic carbocycles. The van der Waals surface area contributed by atoms with Gasteiger partial charge in [0.15, 0.2) is 0 Å². The van der Waals surface area contributed by atoms with Crippen molar-refractivity contribution in [2.24, 2.45) is 17.3 Å². The van der Waals surface area contributed by atoms with Gasteiger partial charge in [-0.25, -0.2) is 4.79 Å². The summed E-state index contributed by atoms with van der Waals surface area (Å²) in [5.41, 5.74) is -0.347. The summed E-state index contributed by atoms with van der Waals surface area (Å²) < 4.78 is 0. The number of carboxylic acid groups (broad SMARTS) is 1. The van der Waals surface area contributed by atoms with E-state index in [0.717, 1.165) is 19.3 Å². The molecule has 1 aliphatic heterocycles. The highest BCUT2D eigenvalue weighted by atomic mass is 16.4. The van der Waals surface area contributed by atoms with Gasteiger partial charge in [-0.1, -0.05) is 20.3 Å². The molecule has 4 heteroatoms. The second-order valence-corrected chi connectivity index (χ2v) is 5.54. The minimum Gasteiger partial charge on any atom is -0.480 e. The van der Waals surface area contributed by atoms with Crippen LogP contribution in [0.5, 0.6) is 0 Å². The molecule has 1 saturated carbocycles. The maximum Gasteiger partial charge on any atom is 0.326 e. The van der Waals surface area contributed by atoms with Crippen molar-refractivity contribution in [2.45, 2.75) is 45.6 Å². The van der Waals surface area contributed by atoms with Crippen LogP contribution < -0.4 is 5.32 Å². The fourth-order valence-corrected chi connectivity index (χ4v) is 3.49. The average Bonchev–Trinajstić information content (AvgIpc) is 2.51. The second kappa shape index (κ2) is 3.75. The highest BCUT2D eigenvalue weighted by Crippen LogP contribution is 2.50. The molecular weight excluding hydrogens is 206 g/mol. The molecule has 1 saturated heterocycles. The van der Waals surface area contributed by atoms with Gasteiger partial charge in [0, 0.05) is 11.8 Å². The van der Waals surface area contributed by atoms with Crippen molar-refractivity contribution in [3.8, 4) is 0 Å². The molecule has 4 atom stereocenters. The molecule has 1 spiro atoms. The van der Waals surface area contributed by atoms with Crippen molar-refractivity contribution in [1.82, 2.24) is 5.32 Å². The van der Waals surface area contributed by atoms with Crippen LogP contribution in [0.3, 0.4) is 0 Å². The molecule has 0 radical (unpaired) electrons. The average molecular weight is 225 g/mol. The molecule has 4 unspecified atom stereocenters. The fourth-order valence-electron chi connectivity index (χ4n) is 3.49. The summed E-state index contributed by atoms with van der Waals surface area (Å²) in [5, 5.41) is 11.9. The number of hydrogen-bond donors (Lipinski definition) is 2. The number of amides is 1. The summed E-state index contributed by atoms with van der Waals surface area (Å²) >= 11 is 0. The van der Waals surface area contributed by atoms with Crippen LogP contribution in [0.4, 0.5) is 0 Å². The Labute approximate surface area is 95.4 Å². The Hall–Kier alpha value is -1.06. The Morgan fingerprint density at radius 1 is 1.44 bits per heavy atom. The molecule has 1 amide bonds. The third kappa shape index (κ3) is 1.60. The first-order valence-electron chi connectivity index (χ1n) is 5.98. The summed E-state index contributed by atoms with van der Waals surface area (Å²) in [6.45, 7) is 4.23. The molecule has 0 bridgehead atoms. The molecule has 0 aromatic heterocycles. The lowest BCUT2D eigenvalue weighted by Gasteiger charge is -2.43. The number of nitrogens with one attached hydrogen (secondary N) is 1. The smallest absolute Gasteiger partial charge is 0.326 e. The Morgan fingerprint density at radius 3 is 2.75 bits per heavy atom. The molecule has 2 aliphatic rings. The van der Waals surface area contributed by atoms with Crippen LogP contribution in [0.25, 0.3) is 0 Å². The van der Waals surface area contributed by atoms with E-state index in [0.29, 0.717) is 18.3 Å². The lowest BCUT2D eigenvalue weighted by Crippen LogP contribution is -2.49. The van der Waals surface area contributed by atoms with Gasteiger partial charge in [-0.3, -0.25) is 4.79 Å². The van der Waals surface area contributed by atoms with E-state index in [1.165, 1.54) is 0 Å². The Balaban J connectivity index is 2.32. The van der Waals surface area contributed by atoms with E-state index >= 15 is 0 Å². The molecule has 2 fully saturated rings. The first kappa shape index (κ1) is 11.4. The van der Waals surface area contributed by atoms with Crippen LogP contribution in [0, 0.1) is 17.3 Å².